The van der Waals surface area contributed by atoms with Crippen molar-refractivity contribution in [2.24, 2.45) is 0 Å². The van der Waals surface area contributed by atoms with Crippen LogP contribution >= 0.6 is 0 Å². The molecule has 1 N–H and O–H groups in total. The van der Waals surface area contributed by atoms with E-state index in [0.717, 1.165) is 17.9 Å². The summed E-state index contributed by atoms with van der Waals surface area (Å²) in [5.41, 5.74) is 3.59. The maximum atomic E-state index is 4.17. The van der Waals surface area contributed by atoms with Gasteiger partial charge in [-0.3, -0.25) is 0 Å². The van der Waals surface area contributed by atoms with Crippen LogP contribution < -0.4 is 5.32 Å². The Kier molecular flexibility index (Phi) is 4.18. The molecule has 0 aliphatic rings. The molecule has 5 nitrogen and oxygen atoms in total. The second-order valence-corrected chi connectivity index (χ2v) is 6.05. The van der Waals surface area contributed by atoms with Crippen molar-refractivity contribution in [1.82, 2.24) is 25.5 Å². The number of nitrogens with zero attached hydrogens (tertiary/aromatic N) is 4. The van der Waals surface area contributed by atoms with Crippen LogP contribution in [-0.4, -0.2) is 25.7 Å². The lowest BCUT2D eigenvalue weighted by atomic mass is 10.1. The molecule has 0 atom stereocenters. The smallest absolute Gasteiger partial charge is 0.170 e. The molecule has 0 bridgehead atoms. The Bertz CT molecular complexity index is 580. The summed E-state index contributed by atoms with van der Waals surface area (Å²) in [4.78, 5) is 0. The fraction of sp³-hybridized carbons (Fsp3) is 0.533. The molecular weight excluding hydrogens is 250 g/mol. The van der Waals surface area contributed by atoms with Crippen molar-refractivity contribution in [2.75, 3.05) is 0 Å². The highest BCUT2D eigenvalue weighted by atomic mass is 15.5. The zero-order valence-corrected chi connectivity index (χ0v) is 12.9. The molecule has 0 saturated carbocycles. The molecule has 1 aromatic carbocycles. The van der Waals surface area contributed by atoms with Crippen LogP contribution in [0.2, 0.25) is 0 Å². The van der Waals surface area contributed by atoms with Crippen LogP contribution in [0.1, 0.15) is 44.6 Å². The maximum absolute atomic E-state index is 4.17. The molecule has 0 amide bonds. The first-order valence-electron chi connectivity index (χ1n) is 7.03. The van der Waals surface area contributed by atoms with Gasteiger partial charge in [-0.1, -0.05) is 25.1 Å². The summed E-state index contributed by atoms with van der Waals surface area (Å²) >= 11 is 0. The third-order valence-electron chi connectivity index (χ3n) is 3.22. The maximum Gasteiger partial charge on any atom is 0.170 e. The number of aryl methyl sites for hydroxylation is 2. The second kappa shape index (κ2) is 5.71. The van der Waals surface area contributed by atoms with Gasteiger partial charge in [0.1, 0.15) is 0 Å². The lowest BCUT2D eigenvalue weighted by Crippen LogP contribution is -2.36. The van der Waals surface area contributed by atoms with Gasteiger partial charge in [0.2, 0.25) is 0 Å². The van der Waals surface area contributed by atoms with Gasteiger partial charge in [0.25, 0.3) is 0 Å². The molecule has 0 saturated heterocycles. The normalized spacial score (nSPS) is 11.8. The summed E-state index contributed by atoms with van der Waals surface area (Å²) < 4.78 is 1.85. The number of tetrazole rings is 1. The lowest BCUT2D eigenvalue weighted by Gasteiger charge is -2.20. The van der Waals surface area contributed by atoms with Crippen LogP contribution in [0.5, 0.6) is 0 Å². The zero-order valence-electron chi connectivity index (χ0n) is 12.9. The number of hydrogen-bond donors (Lipinski definition) is 1. The van der Waals surface area contributed by atoms with E-state index in [1.54, 1.807) is 0 Å². The molecule has 0 fully saturated rings. The van der Waals surface area contributed by atoms with Crippen LogP contribution in [-0.2, 0) is 13.0 Å². The van der Waals surface area contributed by atoms with Crippen LogP contribution in [0.25, 0.3) is 5.69 Å². The molecule has 2 aromatic rings. The Hall–Kier alpha value is -1.75. The van der Waals surface area contributed by atoms with E-state index in [1.165, 1.54) is 11.1 Å². The van der Waals surface area contributed by atoms with Crippen molar-refractivity contribution in [3.63, 3.8) is 0 Å². The molecule has 1 heterocycles. The Balaban J connectivity index is 2.37. The van der Waals surface area contributed by atoms with Crippen LogP contribution in [0.15, 0.2) is 18.2 Å². The highest BCUT2D eigenvalue weighted by molar-refractivity contribution is 5.47. The quantitative estimate of drug-likeness (QED) is 0.929. The lowest BCUT2D eigenvalue weighted by molar-refractivity contribution is 0.415. The number of hydrogen-bond acceptors (Lipinski definition) is 4. The van der Waals surface area contributed by atoms with E-state index in [4.69, 9.17) is 0 Å². The van der Waals surface area contributed by atoms with Gasteiger partial charge < -0.3 is 5.32 Å². The summed E-state index contributed by atoms with van der Waals surface area (Å²) in [6.07, 6.45) is 0.961. The van der Waals surface area contributed by atoms with Gasteiger partial charge in [-0.25, -0.2) is 0 Å². The number of aromatic nitrogens is 4. The average molecular weight is 273 g/mol. The average Bonchev–Trinajstić information content (AvgIpc) is 2.83. The van der Waals surface area contributed by atoms with E-state index in [2.05, 4.69) is 73.7 Å². The largest absolute Gasteiger partial charge is 0.305 e. The fourth-order valence-corrected chi connectivity index (χ4v) is 2.14. The van der Waals surface area contributed by atoms with Crippen molar-refractivity contribution in [1.29, 1.82) is 0 Å². The Morgan fingerprint density at radius 3 is 2.65 bits per heavy atom. The molecule has 0 radical (unpaired) electrons. The number of benzene rings is 1. The molecular formula is C15H23N5. The number of nitrogens with one attached hydrogen (secondary N) is 1. The first kappa shape index (κ1) is 14.7. The van der Waals surface area contributed by atoms with Gasteiger partial charge >= 0.3 is 0 Å². The first-order chi connectivity index (χ1) is 9.42. The predicted octanol–water partition coefficient (Wildman–Crippen LogP) is 2.42. The van der Waals surface area contributed by atoms with E-state index in [0.29, 0.717) is 6.54 Å². The van der Waals surface area contributed by atoms with Crippen molar-refractivity contribution in [2.45, 2.75) is 53.1 Å². The standard InChI is InChI=1S/C15H23N5/c1-6-12-9-7-8-11(2)14(12)20-13(17-18-19-20)10-16-15(3,4)5/h7-9,16H,6,10H2,1-5H3. The topological polar surface area (TPSA) is 55.6 Å². The Morgan fingerprint density at radius 2 is 2.00 bits per heavy atom. The van der Waals surface area contributed by atoms with Crippen LogP contribution in [0, 0.1) is 6.92 Å². The second-order valence-electron chi connectivity index (χ2n) is 6.05. The fourth-order valence-electron chi connectivity index (χ4n) is 2.14. The Labute approximate surface area is 120 Å². The van der Waals surface area contributed by atoms with Crippen LogP contribution in [0.3, 0.4) is 0 Å². The van der Waals surface area contributed by atoms with Crippen molar-refractivity contribution >= 4 is 0 Å². The monoisotopic (exact) mass is 273 g/mol. The summed E-state index contributed by atoms with van der Waals surface area (Å²) in [7, 11) is 0. The SMILES string of the molecule is CCc1cccc(C)c1-n1nnnc1CNC(C)(C)C. The first-order valence-corrected chi connectivity index (χ1v) is 7.03. The molecule has 0 aliphatic heterocycles. The van der Waals surface area contributed by atoms with Crippen molar-refractivity contribution < 1.29 is 0 Å². The minimum absolute atomic E-state index is 0.0378. The minimum atomic E-state index is 0.0378. The summed E-state index contributed by atoms with van der Waals surface area (Å²) in [6, 6.07) is 6.30. The Morgan fingerprint density at radius 1 is 1.25 bits per heavy atom. The summed E-state index contributed by atoms with van der Waals surface area (Å²) in [5, 5.41) is 15.6. The third-order valence-corrected chi connectivity index (χ3v) is 3.22. The molecule has 0 unspecified atom stereocenters. The number of rotatable bonds is 4. The third kappa shape index (κ3) is 3.22. The summed E-state index contributed by atoms with van der Waals surface area (Å²) in [5.74, 6) is 0.837. The van der Waals surface area contributed by atoms with Gasteiger partial charge in [-0.2, -0.15) is 4.68 Å². The highest BCUT2D eigenvalue weighted by Gasteiger charge is 2.16. The van der Waals surface area contributed by atoms with E-state index in [-0.39, 0.29) is 5.54 Å². The minimum Gasteiger partial charge on any atom is -0.305 e. The summed E-state index contributed by atoms with van der Waals surface area (Å²) in [6.45, 7) is 11.3. The number of para-hydroxylation sites is 1. The molecule has 20 heavy (non-hydrogen) atoms. The van der Waals surface area contributed by atoms with Gasteiger partial charge in [-0.15, -0.1) is 5.10 Å². The van der Waals surface area contributed by atoms with E-state index < -0.39 is 0 Å². The van der Waals surface area contributed by atoms with Crippen molar-refractivity contribution in [3.8, 4) is 5.69 Å². The molecule has 0 spiro atoms. The van der Waals surface area contributed by atoms with E-state index >= 15 is 0 Å². The van der Waals surface area contributed by atoms with Gasteiger partial charge in [0.05, 0.1) is 12.2 Å². The highest BCUT2D eigenvalue weighted by Crippen LogP contribution is 2.20. The molecule has 2 rings (SSSR count). The van der Waals surface area contributed by atoms with Gasteiger partial charge in [-0.05, 0) is 55.7 Å². The zero-order chi connectivity index (χ0) is 14.8. The van der Waals surface area contributed by atoms with E-state index in [1.807, 2.05) is 4.68 Å². The molecule has 0 aliphatic carbocycles. The van der Waals surface area contributed by atoms with Gasteiger partial charge in [0.15, 0.2) is 5.82 Å². The molecule has 5 heteroatoms. The van der Waals surface area contributed by atoms with E-state index in [9.17, 15) is 0 Å². The van der Waals surface area contributed by atoms with Gasteiger partial charge in [0, 0.05) is 5.54 Å². The van der Waals surface area contributed by atoms with Crippen LogP contribution in [0.4, 0.5) is 0 Å². The molecule has 108 valence electrons. The predicted molar refractivity (Wildman–Crippen MR) is 79.9 cm³/mol. The molecule has 1 aromatic heterocycles. The van der Waals surface area contributed by atoms with Crippen molar-refractivity contribution in [3.05, 3.63) is 35.2 Å².